The van der Waals surface area contributed by atoms with Crippen LogP contribution in [-0.4, -0.2) is 52.4 Å². The summed E-state index contributed by atoms with van der Waals surface area (Å²) >= 11 is 0. The highest BCUT2D eigenvalue weighted by molar-refractivity contribution is 7.92. The van der Waals surface area contributed by atoms with Crippen molar-refractivity contribution in [2.24, 2.45) is 0 Å². The summed E-state index contributed by atoms with van der Waals surface area (Å²) in [4.78, 5) is 12.3. The third-order valence-electron chi connectivity index (χ3n) is 5.47. The normalized spacial score (nSPS) is 18.0. The fraction of sp³-hybridized carbons (Fsp3) is 0.650. The molecule has 8 heteroatoms. The molecule has 0 spiro atoms. The van der Waals surface area contributed by atoms with Gasteiger partial charge < -0.3 is 19.5 Å². The summed E-state index contributed by atoms with van der Waals surface area (Å²) in [5, 5.41) is 2.86. The minimum absolute atomic E-state index is 0.0649. The molecule has 1 N–H and O–H groups in total. The van der Waals surface area contributed by atoms with Crippen molar-refractivity contribution in [1.82, 2.24) is 5.32 Å². The highest BCUT2D eigenvalue weighted by Gasteiger charge is 2.36. The lowest BCUT2D eigenvalue weighted by Gasteiger charge is -2.38. The van der Waals surface area contributed by atoms with Gasteiger partial charge in [0.1, 0.15) is 5.75 Å². The van der Waals surface area contributed by atoms with Gasteiger partial charge in [-0.2, -0.15) is 0 Å². The maximum absolute atomic E-state index is 12.3. The molecule has 0 radical (unpaired) electrons. The van der Waals surface area contributed by atoms with Crippen LogP contribution in [0.5, 0.6) is 11.5 Å². The van der Waals surface area contributed by atoms with E-state index in [1.165, 1.54) is 0 Å². The van der Waals surface area contributed by atoms with Crippen LogP contribution in [-0.2, 0) is 24.8 Å². The predicted octanol–water partition coefficient (Wildman–Crippen LogP) is 2.18. The molecule has 2 aliphatic rings. The fourth-order valence-corrected chi connectivity index (χ4v) is 5.01. The van der Waals surface area contributed by atoms with Gasteiger partial charge in [0.2, 0.25) is 12.7 Å². The van der Waals surface area contributed by atoms with Gasteiger partial charge in [-0.05, 0) is 37.0 Å². The molecule has 0 atom stereocenters. The summed E-state index contributed by atoms with van der Waals surface area (Å²) in [5.41, 5.74) is 0.743. The molecule has 156 valence electrons. The summed E-state index contributed by atoms with van der Waals surface area (Å²) < 4.78 is 40.7. The molecule has 0 bridgehead atoms. The number of sulfone groups is 1. The van der Waals surface area contributed by atoms with Gasteiger partial charge in [0.05, 0.1) is 5.75 Å². The molecule has 1 amide bonds. The Morgan fingerprint density at radius 3 is 2.64 bits per heavy atom. The summed E-state index contributed by atoms with van der Waals surface area (Å²) in [7, 11) is -3.37. The average Bonchev–Trinajstić information content (AvgIpc) is 3.15. The molecular weight excluding hydrogens is 382 g/mol. The first-order valence-electron chi connectivity index (χ1n) is 9.89. The average molecular weight is 412 g/mol. The van der Waals surface area contributed by atoms with Crippen LogP contribution in [0.1, 0.15) is 44.6 Å². The molecular formula is C20H29NO6S. The van der Waals surface area contributed by atoms with Gasteiger partial charge in [0.15, 0.2) is 21.3 Å². The zero-order valence-corrected chi connectivity index (χ0v) is 17.2. The van der Waals surface area contributed by atoms with E-state index in [1.807, 2.05) is 25.1 Å². The molecule has 2 aliphatic heterocycles. The second-order valence-corrected chi connectivity index (χ2v) is 9.72. The number of carbonyl (C=O) groups excluding carboxylic acids is 1. The van der Waals surface area contributed by atoms with Gasteiger partial charge >= 0.3 is 0 Å². The summed E-state index contributed by atoms with van der Waals surface area (Å²) in [6.45, 7) is 3.79. The number of benzene rings is 1. The first-order valence-corrected chi connectivity index (χ1v) is 11.7. The number of amides is 1. The second-order valence-electron chi connectivity index (χ2n) is 7.54. The standard InChI is InChI=1S/C20H29NO6S/c1-2-3-4-11-28(23,24)13-19(22)21-14-20(7-9-25-10-8-20)16-5-6-17-18(12-16)27-15-26-17/h5-6,12H,2-4,7-11,13-15H2,1H3,(H,21,22). The van der Waals surface area contributed by atoms with Crippen molar-refractivity contribution in [2.75, 3.05) is 38.1 Å². The molecule has 1 aromatic rings. The van der Waals surface area contributed by atoms with Gasteiger partial charge in [-0.1, -0.05) is 25.8 Å². The fourth-order valence-electron chi connectivity index (χ4n) is 3.72. The third kappa shape index (κ3) is 5.17. The second kappa shape index (κ2) is 9.13. The number of ether oxygens (including phenoxy) is 3. The number of fused-ring (bicyclic) bond motifs is 1. The Hall–Kier alpha value is -1.80. The molecule has 3 rings (SSSR count). The Kier molecular flexibility index (Phi) is 6.82. The number of hydrogen-bond donors (Lipinski definition) is 1. The Balaban J connectivity index is 1.65. The molecule has 1 aromatic carbocycles. The zero-order valence-electron chi connectivity index (χ0n) is 16.4. The Morgan fingerprint density at radius 2 is 1.89 bits per heavy atom. The van der Waals surface area contributed by atoms with E-state index in [9.17, 15) is 13.2 Å². The van der Waals surface area contributed by atoms with Crippen LogP contribution < -0.4 is 14.8 Å². The van der Waals surface area contributed by atoms with Crippen molar-refractivity contribution in [3.05, 3.63) is 23.8 Å². The number of carbonyl (C=O) groups is 1. The minimum Gasteiger partial charge on any atom is -0.454 e. The smallest absolute Gasteiger partial charge is 0.235 e. The zero-order chi connectivity index (χ0) is 20.0. The first-order chi connectivity index (χ1) is 13.4. The quantitative estimate of drug-likeness (QED) is 0.627. The maximum atomic E-state index is 12.3. The third-order valence-corrected chi connectivity index (χ3v) is 7.08. The molecule has 0 unspecified atom stereocenters. The minimum atomic E-state index is -3.37. The van der Waals surface area contributed by atoms with Gasteiger partial charge in [0, 0.05) is 25.2 Å². The van der Waals surface area contributed by atoms with Crippen LogP contribution in [0, 0.1) is 0 Å². The summed E-state index contributed by atoms with van der Waals surface area (Å²) in [6.07, 6.45) is 3.90. The maximum Gasteiger partial charge on any atom is 0.235 e. The van der Waals surface area contributed by atoms with Crippen molar-refractivity contribution in [1.29, 1.82) is 0 Å². The van der Waals surface area contributed by atoms with E-state index in [4.69, 9.17) is 14.2 Å². The summed E-state index contributed by atoms with van der Waals surface area (Å²) in [6, 6.07) is 5.84. The van der Waals surface area contributed by atoms with Gasteiger partial charge in [0.25, 0.3) is 0 Å². The van der Waals surface area contributed by atoms with Crippen LogP contribution in [0.3, 0.4) is 0 Å². The largest absolute Gasteiger partial charge is 0.454 e. The van der Waals surface area contributed by atoms with Crippen LogP contribution >= 0.6 is 0 Å². The number of hydrogen-bond acceptors (Lipinski definition) is 6. The molecule has 0 saturated carbocycles. The Labute approximate surface area is 166 Å². The molecule has 0 aromatic heterocycles. The number of unbranched alkanes of at least 4 members (excludes halogenated alkanes) is 2. The molecule has 0 aliphatic carbocycles. The van der Waals surface area contributed by atoms with E-state index in [1.54, 1.807) is 0 Å². The first kappa shape index (κ1) is 20.9. The van der Waals surface area contributed by atoms with Gasteiger partial charge in [-0.3, -0.25) is 4.79 Å². The van der Waals surface area contributed by atoms with E-state index in [2.05, 4.69) is 5.32 Å². The predicted molar refractivity (Wildman–Crippen MR) is 105 cm³/mol. The Morgan fingerprint density at radius 1 is 1.14 bits per heavy atom. The van der Waals surface area contributed by atoms with Crippen molar-refractivity contribution in [3.63, 3.8) is 0 Å². The van der Waals surface area contributed by atoms with Crippen LogP contribution in [0.2, 0.25) is 0 Å². The molecule has 1 fully saturated rings. The lowest BCUT2D eigenvalue weighted by molar-refractivity contribution is -0.119. The van der Waals surface area contributed by atoms with Crippen molar-refractivity contribution < 1.29 is 27.4 Å². The topological polar surface area (TPSA) is 90.9 Å². The Bertz CT molecular complexity index is 786. The van der Waals surface area contributed by atoms with Gasteiger partial charge in [-0.15, -0.1) is 0 Å². The van der Waals surface area contributed by atoms with Gasteiger partial charge in [-0.25, -0.2) is 8.42 Å². The molecule has 28 heavy (non-hydrogen) atoms. The monoisotopic (exact) mass is 411 g/mol. The van der Waals surface area contributed by atoms with Crippen molar-refractivity contribution in [3.8, 4) is 11.5 Å². The lowest BCUT2D eigenvalue weighted by atomic mass is 9.74. The van der Waals surface area contributed by atoms with Crippen LogP contribution in [0.25, 0.3) is 0 Å². The van der Waals surface area contributed by atoms with E-state index in [-0.39, 0.29) is 18.0 Å². The molecule has 7 nitrogen and oxygen atoms in total. The lowest BCUT2D eigenvalue weighted by Crippen LogP contribution is -2.46. The van der Waals surface area contributed by atoms with Crippen molar-refractivity contribution in [2.45, 2.75) is 44.4 Å². The number of rotatable bonds is 9. The van der Waals surface area contributed by atoms with Crippen molar-refractivity contribution >= 4 is 15.7 Å². The van der Waals surface area contributed by atoms with Crippen LogP contribution in [0.4, 0.5) is 0 Å². The van der Waals surface area contributed by atoms with E-state index in [0.717, 1.165) is 31.2 Å². The highest BCUT2D eigenvalue weighted by Crippen LogP contribution is 2.40. The molecule has 1 saturated heterocycles. The van der Waals surface area contributed by atoms with E-state index < -0.39 is 21.5 Å². The highest BCUT2D eigenvalue weighted by atomic mass is 32.2. The summed E-state index contributed by atoms with van der Waals surface area (Å²) in [5.74, 6) is 0.587. The van der Waals surface area contributed by atoms with E-state index in [0.29, 0.717) is 37.7 Å². The number of nitrogens with one attached hydrogen (secondary N) is 1. The van der Waals surface area contributed by atoms with Crippen LogP contribution in [0.15, 0.2) is 18.2 Å². The SMILES string of the molecule is CCCCCS(=O)(=O)CC(=O)NCC1(c2ccc3c(c2)OCO3)CCOCC1. The molecule has 2 heterocycles. The van der Waals surface area contributed by atoms with E-state index >= 15 is 0 Å².